The second-order valence-electron chi connectivity index (χ2n) is 4.27. The third-order valence-electron chi connectivity index (χ3n) is 2.67. The lowest BCUT2D eigenvalue weighted by Gasteiger charge is -2.11. The lowest BCUT2D eigenvalue weighted by molar-refractivity contribution is 0.600. The van der Waals surface area contributed by atoms with Crippen molar-refractivity contribution in [2.24, 2.45) is 0 Å². The molecule has 0 aromatic heterocycles. The van der Waals surface area contributed by atoms with Crippen molar-refractivity contribution in [1.29, 1.82) is 0 Å². The van der Waals surface area contributed by atoms with E-state index in [1.165, 1.54) is 24.3 Å². The average molecular weight is 502 g/mol. The summed E-state index contributed by atoms with van der Waals surface area (Å²) in [6.45, 7) is 1.86. The van der Waals surface area contributed by atoms with Crippen LogP contribution in [0.2, 0.25) is 0 Å². The standard InChI is InChI=1S/C13H9Br3FNO2S/c1-7-4-11(16)13(6-9(7)14)21(19,20)18-8-2-3-12(17)10(15)5-8/h2-6,18H,1H3. The van der Waals surface area contributed by atoms with Gasteiger partial charge in [0.05, 0.1) is 10.2 Å². The number of nitrogens with one attached hydrogen (secondary N) is 1. The predicted molar refractivity (Wildman–Crippen MR) is 91.5 cm³/mol. The van der Waals surface area contributed by atoms with Crippen molar-refractivity contribution >= 4 is 63.5 Å². The van der Waals surface area contributed by atoms with Crippen LogP contribution in [-0.4, -0.2) is 8.42 Å². The Bertz CT molecular complexity index is 809. The van der Waals surface area contributed by atoms with Gasteiger partial charge in [-0.05, 0) is 74.7 Å². The molecule has 3 nitrogen and oxygen atoms in total. The largest absolute Gasteiger partial charge is 0.280 e. The van der Waals surface area contributed by atoms with E-state index in [0.717, 1.165) is 5.56 Å². The molecule has 0 aliphatic rings. The van der Waals surface area contributed by atoms with Gasteiger partial charge in [-0.3, -0.25) is 4.72 Å². The zero-order valence-corrected chi connectivity index (χ0v) is 16.2. The summed E-state index contributed by atoms with van der Waals surface area (Å²) in [6, 6.07) is 7.13. The summed E-state index contributed by atoms with van der Waals surface area (Å²) >= 11 is 9.58. The van der Waals surface area contributed by atoms with Crippen LogP contribution in [0.25, 0.3) is 0 Å². The number of benzene rings is 2. The summed E-state index contributed by atoms with van der Waals surface area (Å²) in [6.07, 6.45) is 0. The third-order valence-corrected chi connectivity index (χ3v) is 6.48. The predicted octanol–water partition coefficient (Wildman–Crippen LogP) is 5.22. The fourth-order valence-corrected chi connectivity index (χ4v) is 4.71. The van der Waals surface area contributed by atoms with Gasteiger partial charge < -0.3 is 0 Å². The minimum Gasteiger partial charge on any atom is -0.280 e. The topological polar surface area (TPSA) is 46.2 Å². The maximum absolute atomic E-state index is 13.2. The van der Waals surface area contributed by atoms with E-state index in [4.69, 9.17) is 0 Å². The molecule has 112 valence electrons. The molecule has 0 atom stereocenters. The SMILES string of the molecule is Cc1cc(Br)c(S(=O)(=O)Nc2ccc(F)c(Br)c2)cc1Br. The third kappa shape index (κ3) is 3.85. The highest BCUT2D eigenvalue weighted by Gasteiger charge is 2.19. The second kappa shape index (κ2) is 6.36. The molecule has 0 aliphatic heterocycles. The highest BCUT2D eigenvalue weighted by molar-refractivity contribution is 9.11. The zero-order valence-electron chi connectivity index (χ0n) is 10.6. The van der Waals surface area contributed by atoms with Gasteiger partial charge in [0.2, 0.25) is 0 Å². The molecule has 2 aromatic carbocycles. The maximum Gasteiger partial charge on any atom is 0.263 e. The summed E-state index contributed by atoms with van der Waals surface area (Å²) in [7, 11) is -3.78. The van der Waals surface area contributed by atoms with Crippen LogP contribution < -0.4 is 4.72 Å². The van der Waals surface area contributed by atoms with Crippen LogP contribution in [0.15, 0.2) is 48.6 Å². The number of aryl methyl sites for hydroxylation is 1. The molecule has 2 aromatic rings. The summed E-state index contributed by atoms with van der Waals surface area (Å²) in [5.41, 5.74) is 1.18. The number of hydrogen-bond acceptors (Lipinski definition) is 2. The molecule has 0 heterocycles. The molecule has 1 N–H and O–H groups in total. The molecule has 0 fully saturated rings. The number of hydrogen-bond donors (Lipinski definition) is 1. The van der Waals surface area contributed by atoms with E-state index in [9.17, 15) is 12.8 Å². The van der Waals surface area contributed by atoms with Crippen LogP contribution in [0.1, 0.15) is 5.56 Å². The van der Waals surface area contributed by atoms with Gasteiger partial charge in [0.1, 0.15) is 10.7 Å². The minimum absolute atomic E-state index is 0.0976. The van der Waals surface area contributed by atoms with Crippen LogP contribution in [0.4, 0.5) is 10.1 Å². The molecule has 0 bridgehead atoms. The van der Waals surface area contributed by atoms with Crippen LogP contribution in [0, 0.1) is 12.7 Å². The Morgan fingerprint density at radius 1 is 1.00 bits per heavy atom. The van der Waals surface area contributed by atoms with Crippen molar-refractivity contribution in [2.75, 3.05) is 4.72 Å². The Balaban J connectivity index is 2.43. The van der Waals surface area contributed by atoms with Crippen LogP contribution in [0.5, 0.6) is 0 Å². The molecule has 0 aliphatic carbocycles. The van der Waals surface area contributed by atoms with Crippen molar-refractivity contribution in [3.05, 3.63) is 55.1 Å². The van der Waals surface area contributed by atoms with Gasteiger partial charge in [0.25, 0.3) is 10.0 Å². The Kier molecular flexibility index (Phi) is 5.12. The first-order valence-corrected chi connectivity index (χ1v) is 9.50. The van der Waals surface area contributed by atoms with Gasteiger partial charge in [0.15, 0.2) is 0 Å². The van der Waals surface area contributed by atoms with E-state index >= 15 is 0 Å². The molecule has 8 heteroatoms. The van der Waals surface area contributed by atoms with Crippen molar-refractivity contribution < 1.29 is 12.8 Å². The molecule has 0 spiro atoms. The lowest BCUT2D eigenvalue weighted by Crippen LogP contribution is -2.14. The molecule has 0 amide bonds. The fourth-order valence-electron chi connectivity index (χ4n) is 1.60. The van der Waals surface area contributed by atoms with Crippen LogP contribution in [-0.2, 0) is 10.0 Å². The minimum atomic E-state index is -3.78. The van der Waals surface area contributed by atoms with Crippen molar-refractivity contribution in [3.63, 3.8) is 0 Å². The van der Waals surface area contributed by atoms with Gasteiger partial charge in [-0.1, -0.05) is 15.9 Å². The number of sulfonamides is 1. The summed E-state index contributed by atoms with van der Waals surface area (Å²) in [4.78, 5) is 0.0976. The van der Waals surface area contributed by atoms with Crippen molar-refractivity contribution in [2.45, 2.75) is 11.8 Å². The monoisotopic (exact) mass is 499 g/mol. The van der Waals surface area contributed by atoms with Gasteiger partial charge in [-0.2, -0.15) is 0 Å². The quantitative estimate of drug-likeness (QED) is 0.626. The van der Waals surface area contributed by atoms with Gasteiger partial charge in [-0.15, -0.1) is 0 Å². The zero-order chi connectivity index (χ0) is 15.8. The summed E-state index contributed by atoms with van der Waals surface area (Å²) < 4.78 is 41.7. The summed E-state index contributed by atoms with van der Waals surface area (Å²) in [5, 5.41) is 0. The molecule has 21 heavy (non-hydrogen) atoms. The van der Waals surface area contributed by atoms with E-state index in [0.29, 0.717) is 8.95 Å². The Morgan fingerprint density at radius 3 is 2.29 bits per heavy atom. The molecule has 0 radical (unpaired) electrons. The fraction of sp³-hybridized carbons (Fsp3) is 0.0769. The highest BCUT2D eigenvalue weighted by atomic mass is 79.9. The Labute approximate surface area is 147 Å². The van der Waals surface area contributed by atoms with E-state index in [1.54, 1.807) is 6.07 Å². The molecule has 0 saturated carbocycles. The highest BCUT2D eigenvalue weighted by Crippen LogP contribution is 2.30. The van der Waals surface area contributed by atoms with E-state index in [2.05, 4.69) is 52.5 Å². The number of halogens is 4. The molecule has 0 unspecified atom stereocenters. The Morgan fingerprint density at radius 2 is 1.67 bits per heavy atom. The number of anilines is 1. The van der Waals surface area contributed by atoms with Gasteiger partial charge in [0, 0.05) is 8.95 Å². The number of rotatable bonds is 3. The van der Waals surface area contributed by atoms with Crippen LogP contribution >= 0.6 is 47.8 Å². The molecule has 2 rings (SSSR count). The van der Waals surface area contributed by atoms with E-state index in [1.807, 2.05) is 6.92 Å². The van der Waals surface area contributed by atoms with Gasteiger partial charge >= 0.3 is 0 Å². The smallest absolute Gasteiger partial charge is 0.263 e. The maximum atomic E-state index is 13.2. The first kappa shape index (κ1) is 16.9. The lowest BCUT2D eigenvalue weighted by atomic mass is 10.2. The van der Waals surface area contributed by atoms with E-state index in [-0.39, 0.29) is 15.1 Å². The van der Waals surface area contributed by atoms with Crippen LogP contribution in [0.3, 0.4) is 0 Å². The normalized spacial score (nSPS) is 11.5. The Hall–Kier alpha value is -0.440. The van der Waals surface area contributed by atoms with Crippen molar-refractivity contribution in [1.82, 2.24) is 0 Å². The first-order valence-electron chi connectivity index (χ1n) is 5.64. The summed E-state index contributed by atoms with van der Waals surface area (Å²) in [5.74, 6) is -0.461. The molecule has 0 saturated heterocycles. The second-order valence-corrected chi connectivity index (χ2v) is 8.48. The first-order chi connectivity index (χ1) is 9.70. The molecular formula is C13H9Br3FNO2S. The van der Waals surface area contributed by atoms with Gasteiger partial charge in [-0.25, -0.2) is 12.8 Å². The average Bonchev–Trinajstić information content (AvgIpc) is 2.37. The van der Waals surface area contributed by atoms with E-state index < -0.39 is 15.8 Å². The molecular weight excluding hydrogens is 493 g/mol. The van der Waals surface area contributed by atoms with Crippen molar-refractivity contribution in [3.8, 4) is 0 Å².